The number of carbonyl (C=O) groups is 1. The highest BCUT2D eigenvalue weighted by molar-refractivity contribution is 7.92. The SMILES string of the molecule is Cc1ccc(OCC(C)NC(=O)CN(c2cccc(C)c2)S(=O)(=O)c2ccc(Cl)cc2)cc1. The molecule has 0 heterocycles. The third-order valence-corrected chi connectivity index (χ3v) is 6.95. The van der Waals surface area contributed by atoms with Crippen LogP contribution in [-0.4, -0.2) is 33.5 Å². The van der Waals surface area contributed by atoms with Crippen molar-refractivity contribution in [3.63, 3.8) is 0 Å². The summed E-state index contributed by atoms with van der Waals surface area (Å²) in [4.78, 5) is 12.9. The number of ether oxygens (including phenoxy) is 1. The van der Waals surface area contributed by atoms with Crippen LogP contribution in [0.3, 0.4) is 0 Å². The standard InChI is InChI=1S/C25H27ClN2O4S/c1-18-7-11-23(12-8-18)32-17-20(3)27-25(29)16-28(22-6-4-5-19(2)15-22)33(30,31)24-13-9-21(26)10-14-24/h4-15,20H,16-17H2,1-3H3,(H,27,29). The molecule has 0 fully saturated rings. The van der Waals surface area contributed by atoms with E-state index in [0.717, 1.165) is 15.4 Å². The lowest BCUT2D eigenvalue weighted by Gasteiger charge is -2.25. The number of halogens is 1. The zero-order chi connectivity index (χ0) is 24.0. The Morgan fingerprint density at radius 2 is 1.67 bits per heavy atom. The van der Waals surface area contributed by atoms with Crippen molar-refractivity contribution < 1.29 is 17.9 Å². The summed E-state index contributed by atoms with van der Waals surface area (Å²) < 4.78 is 33.6. The monoisotopic (exact) mass is 486 g/mol. The molecule has 1 atom stereocenters. The summed E-state index contributed by atoms with van der Waals surface area (Å²) in [6.07, 6.45) is 0. The fraction of sp³-hybridized carbons (Fsp3) is 0.240. The lowest BCUT2D eigenvalue weighted by molar-refractivity contribution is -0.120. The second-order valence-corrected chi connectivity index (χ2v) is 10.2. The first-order valence-electron chi connectivity index (χ1n) is 10.5. The van der Waals surface area contributed by atoms with Crippen LogP contribution in [0.5, 0.6) is 5.75 Å². The molecule has 3 aromatic rings. The summed E-state index contributed by atoms with van der Waals surface area (Å²) in [5.74, 6) is 0.266. The highest BCUT2D eigenvalue weighted by Crippen LogP contribution is 2.25. The Hall–Kier alpha value is -3.03. The molecule has 33 heavy (non-hydrogen) atoms. The van der Waals surface area contributed by atoms with Gasteiger partial charge in [-0.2, -0.15) is 0 Å². The first kappa shape index (κ1) is 24.6. The molecule has 1 N–H and O–H groups in total. The molecule has 1 unspecified atom stereocenters. The van der Waals surface area contributed by atoms with E-state index >= 15 is 0 Å². The van der Waals surface area contributed by atoms with Crippen molar-refractivity contribution in [3.05, 3.63) is 88.9 Å². The fourth-order valence-corrected chi connectivity index (χ4v) is 4.72. The third-order valence-electron chi connectivity index (χ3n) is 4.91. The van der Waals surface area contributed by atoms with Gasteiger partial charge in [0.05, 0.1) is 16.6 Å². The molecule has 8 heteroatoms. The maximum Gasteiger partial charge on any atom is 0.264 e. The number of hydrogen-bond donors (Lipinski definition) is 1. The van der Waals surface area contributed by atoms with Gasteiger partial charge < -0.3 is 10.1 Å². The van der Waals surface area contributed by atoms with E-state index in [1.54, 1.807) is 25.1 Å². The van der Waals surface area contributed by atoms with E-state index in [2.05, 4.69) is 5.32 Å². The molecule has 1 amide bonds. The van der Waals surface area contributed by atoms with Crippen LogP contribution in [-0.2, 0) is 14.8 Å². The minimum atomic E-state index is -4.00. The van der Waals surface area contributed by atoms with Crippen molar-refractivity contribution in [2.45, 2.75) is 31.7 Å². The first-order valence-corrected chi connectivity index (χ1v) is 12.3. The summed E-state index contributed by atoms with van der Waals surface area (Å²) in [7, 11) is -4.00. The Morgan fingerprint density at radius 1 is 1.00 bits per heavy atom. The number of rotatable bonds is 9. The van der Waals surface area contributed by atoms with Crippen molar-refractivity contribution in [1.29, 1.82) is 0 Å². The van der Waals surface area contributed by atoms with Crippen molar-refractivity contribution in [3.8, 4) is 5.75 Å². The number of nitrogens with zero attached hydrogens (tertiary/aromatic N) is 1. The highest BCUT2D eigenvalue weighted by atomic mass is 35.5. The Kier molecular flexibility index (Phi) is 8.00. The van der Waals surface area contributed by atoms with Gasteiger partial charge in [0.15, 0.2) is 0 Å². The van der Waals surface area contributed by atoms with E-state index < -0.39 is 15.9 Å². The highest BCUT2D eigenvalue weighted by Gasteiger charge is 2.27. The number of benzene rings is 3. The zero-order valence-electron chi connectivity index (χ0n) is 18.8. The molecule has 3 aromatic carbocycles. The quantitative estimate of drug-likeness (QED) is 0.474. The lowest BCUT2D eigenvalue weighted by atomic mass is 10.2. The van der Waals surface area contributed by atoms with Crippen LogP contribution in [0, 0.1) is 13.8 Å². The van der Waals surface area contributed by atoms with Crippen molar-refractivity contribution >= 4 is 33.2 Å². The molecule has 3 rings (SSSR count). The van der Waals surface area contributed by atoms with E-state index in [-0.39, 0.29) is 24.1 Å². The molecule has 0 saturated heterocycles. The van der Waals surface area contributed by atoms with Crippen LogP contribution < -0.4 is 14.4 Å². The summed E-state index contributed by atoms with van der Waals surface area (Å²) in [5, 5.41) is 3.24. The third kappa shape index (κ3) is 6.73. The van der Waals surface area contributed by atoms with Crippen LogP contribution in [0.2, 0.25) is 5.02 Å². The molecule has 0 bridgehead atoms. The van der Waals surface area contributed by atoms with Gasteiger partial charge >= 0.3 is 0 Å². The zero-order valence-corrected chi connectivity index (χ0v) is 20.4. The van der Waals surface area contributed by atoms with Crippen molar-refractivity contribution in [1.82, 2.24) is 5.32 Å². The minimum absolute atomic E-state index is 0.0527. The number of aryl methyl sites for hydroxylation is 2. The Balaban J connectivity index is 1.74. The number of amides is 1. The lowest BCUT2D eigenvalue weighted by Crippen LogP contribution is -2.45. The second kappa shape index (κ2) is 10.7. The predicted octanol–water partition coefficient (Wildman–Crippen LogP) is 4.74. The summed E-state index contributed by atoms with van der Waals surface area (Å²) in [5.41, 5.74) is 2.41. The smallest absolute Gasteiger partial charge is 0.264 e. The van der Waals surface area contributed by atoms with Gasteiger partial charge in [0.1, 0.15) is 18.9 Å². The molecule has 0 saturated carbocycles. The van der Waals surface area contributed by atoms with Crippen LogP contribution in [0.25, 0.3) is 0 Å². The largest absolute Gasteiger partial charge is 0.491 e. The van der Waals surface area contributed by atoms with Gasteiger partial charge in [-0.05, 0) is 74.9 Å². The molecule has 0 aliphatic rings. The molecule has 0 aromatic heterocycles. The Morgan fingerprint density at radius 3 is 2.30 bits per heavy atom. The van der Waals surface area contributed by atoms with Crippen LogP contribution in [0.4, 0.5) is 5.69 Å². The average Bonchev–Trinajstić information content (AvgIpc) is 2.77. The van der Waals surface area contributed by atoms with Gasteiger partial charge in [-0.3, -0.25) is 9.10 Å². The summed E-state index contributed by atoms with van der Waals surface area (Å²) in [6.45, 7) is 5.54. The molecule has 0 radical (unpaired) electrons. The van der Waals surface area contributed by atoms with Crippen LogP contribution in [0.15, 0.2) is 77.7 Å². The molecule has 0 spiro atoms. The normalized spacial score (nSPS) is 12.1. The molecule has 0 aliphatic heterocycles. The second-order valence-electron chi connectivity index (χ2n) is 7.90. The first-order chi connectivity index (χ1) is 15.6. The maximum atomic E-state index is 13.4. The van der Waals surface area contributed by atoms with E-state index in [0.29, 0.717) is 16.5 Å². The molecule has 174 valence electrons. The Bertz CT molecular complexity index is 1200. The number of nitrogens with one attached hydrogen (secondary N) is 1. The number of carbonyl (C=O) groups excluding carboxylic acids is 1. The topological polar surface area (TPSA) is 75.7 Å². The van der Waals surface area contributed by atoms with E-state index in [1.807, 2.05) is 44.2 Å². The van der Waals surface area contributed by atoms with Crippen LogP contribution >= 0.6 is 11.6 Å². The van der Waals surface area contributed by atoms with Gasteiger partial charge in [0.2, 0.25) is 5.91 Å². The summed E-state index contributed by atoms with van der Waals surface area (Å²) >= 11 is 5.92. The minimum Gasteiger partial charge on any atom is -0.491 e. The van der Waals surface area contributed by atoms with E-state index in [9.17, 15) is 13.2 Å². The number of sulfonamides is 1. The molecular weight excluding hydrogens is 460 g/mol. The average molecular weight is 487 g/mol. The van der Waals surface area contributed by atoms with Crippen LogP contribution in [0.1, 0.15) is 18.1 Å². The van der Waals surface area contributed by atoms with Crippen molar-refractivity contribution in [2.75, 3.05) is 17.5 Å². The van der Waals surface area contributed by atoms with Crippen molar-refractivity contribution in [2.24, 2.45) is 0 Å². The van der Waals surface area contributed by atoms with E-state index in [4.69, 9.17) is 16.3 Å². The van der Waals surface area contributed by atoms with Gasteiger partial charge in [-0.15, -0.1) is 0 Å². The Labute approximate surface area is 200 Å². The predicted molar refractivity (Wildman–Crippen MR) is 131 cm³/mol. The fourth-order valence-electron chi connectivity index (χ4n) is 3.18. The van der Waals surface area contributed by atoms with E-state index in [1.165, 1.54) is 24.3 Å². The molecule has 0 aliphatic carbocycles. The maximum absolute atomic E-state index is 13.4. The molecular formula is C25H27ClN2O4S. The van der Waals surface area contributed by atoms with Gasteiger partial charge in [-0.1, -0.05) is 41.4 Å². The van der Waals surface area contributed by atoms with Gasteiger partial charge in [0.25, 0.3) is 10.0 Å². The van der Waals surface area contributed by atoms with Gasteiger partial charge in [-0.25, -0.2) is 8.42 Å². The molecule has 6 nitrogen and oxygen atoms in total. The number of anilines is 1. The summed E-state index contributed by atoms with van der Waals surface area (Å²) in [6, 6.07) is 20.2. The van der Waals surface area contributed by atoms with Gasteiger partial charge in [0, 0.05) is 5.02 Å². The number of hydrogen-bond acceptors (Lipinski definition) is 4.